The smallest absolute Gasteiger partial charge is 0.240 e. The van der Waals surface area contributed by atoms with Crippen LogP contribution in [0.4, 0.5) is 4.39 Å². The Morgan fingerprint density at radius 1 is 0.909 bits per heavy atom. The Bertz CT molecular complexity index is 698. The van der Waals surface area contributed by atoms with Crippen LogP contribution < -0.4 is 10.0 Å². The van der Waals surface area contributed by atoms with Gasteiger partial charge in [-0.3, -0.25) is 0 Å². The van der Waals surface area contributed by atoms with Crippen molar-refractivity contribution in [1.29, 1.82) is 0 Å². The van der Waals surface area contributed by atoms with Gasteiger partial charge in [0, 0.05) is 13.1 Å². The third-order valence-corrected chi connectivity index (χ3v) is 4.61. The molecule has 0 atom stereocenters. The summed E-state index contributed by atoms with van der Waals surface area (Å²) in [6, 6.07) is 12.5. The summed E-state index contributed by atoms with van der Waals surface area (Å²) >= 11 is 0. The summed E-state index contributed by atoms with van der Waals surface area (Å²) < 4.78 is 39.7. The molecule has 0 saturated heterocycles. The first-order valence-electron chi connectivity index (χ1n) is 7.05. The average molecular weight is 322 g/mol. The van der Waals surface area contributed by atoms with Crippen LogP contribution >= 0.6 is 0 Å². The summed E-state index contributed by atoms with van der Waals surface area (Å²) in [6.07, 6.45) is 0. The molecule has 0 aliphatic carbocycles. The summed E-state index contributed by atoms with van der Waals surface area (Å²) in [6.45, 7) is 3.71. The molecule has 0 unspecified atom stereocenters. The summed E-state index contributed by atoms with van der Waals surface area (Å²) in [5, 5.41) is 3.18. The van der Waals surface area contributed by atoms with Crippen molar-refractivity contribution in [3.63, 3.8) is 0 Å². The van der Waals surface area contributed by atoms with Crippen LogP contribution in [0.15, 0.2) is 53.4 Å². The molecule has 2 N–H and O–H groups in total. The lowest BCUT2D eigenvalue weighted by atomic mass is 10.2. The van der Waals surface area contributed by atoms with E-state index in [0.717, 1.165) is 12.1 Å². The Hall–Kier alpha value is -1.76. The van der Waals surface area contributed by atoms with Crippen molar-refractivity contribution in [2.75, 3.05) is 6.54 Å². The lowest BCUT2D eigenvalue weighted by Crippen LogP contribution is -2.23. The standard InChI is InChI=1S/C16H19FN2O2S/c1-2-18-11-13-5-9-16(10-6-13)22(20,21)19-12-14-3-7-15(17)8-4-14/h3-10,18-19H,2,11-12H2,1H3. The highest BCUT2D eigenvalue weighted by atomic mass is 32.2. The predicted molar refractivity (Wildman–Crippen MR) is 84.2 cm³/mol. The Balaban J connectivity index is 2.01. The molecule has 0 saturated carbocycles. The van der Waals surface area contributed by atoms with Crippen molar-refractivity contribution in [3.8, 4) is 0 Å². The first-order valence-corrected chi connectivity index (χ1v) is 8.53. The van der Waals surface area contributed by atoms with Crippen molar-refractivity contribution in [2.24, 2.45) is 0 Å². The maximum absolute atomic E-state index is 12.8. The minimum Gasteiger partial charge on any atom is -0.313 e. The number of nitrogens with one attached hydrogen (secondary N) is 2. The zero-order chi connectivity index (χ0) is 16.0. The molecule has 0 amide bonds. The Morgan fingerprint density at radius 2 is 1.45 bits per heavy atom. The van der Waals surface area contributed by atoms with Gasteiger partial charge < -0.3 is 5.32 Å². The third kappa shape index (κ3) is 4.62. The highest BCUT2D eigenvalue weighted by molar-refractivity contribution is 7.89. The van der Waals surface area contributed by atoms with Gasteiger partial charge in [0.2, 0.25) is 10.0 Å². The van der Waals surface area contributed by atoms with Gasteiger partial charge in [-0.1, -0.05) is 31.2 Å². The van der Waals surface area contributed by atoms with E-state index in [2.05, 4.69) is 10.0 Å². The predicted octanol–water partition coefficient (Wildman–Crippen LogP) is 2.41. The van der Waals surface area contributed by atoms with E-state index in [4.69, 9.17) is 0 Å². The number of hydrogen-bond acceptors (Lipinski definition) is 3. The summed E-state index contributed by atoms with van der Waals surface area (Å²) in [4.78, 5) is 0.217. The number of halogens is 1. The van der Waals surface area contributed by atoms with Crippen LogP contribution in [0.5, 0.6) is 0 Å². The van der Waals surface area contributed by atoms with E-state index in [-0.39, 0.29) is 17.3 Å². The molecule has 0 radical (unpaired) electrons. The molecule has 0 aromatic heterocycles. The first-order chi connectivity index (χ1) is 10.5. The SMILES string of the molecule is CCNCc1ccc(S(=O)(=O)NCc2ccc(F)cc2)cc1. The molecular weight excluding hydrogens is 303 g/mol. The van der Waals surface area contributed by atoms with E-state index in [0.29, 0.717) is 12.1 Å². The summed E-state index contributed by atoms with van der Waals surface area (Å²) in [5.41, 5.74) is 1.73. The highest BCUT2D eigenvalue weighted by Gasteiger charge is 2.13. The van der Waals surface area contributed by atoms with Gasteiger partial charge in [-0.05, 0) is 41.9 Å². The minimum atomic E-state index is -3.57. The fourth-order valence-electron chi connectivity index (χ4n) is 1.92. The quantitative estimate of drug-likeness (QED) is 0.823. The maximum Gasteiger partial charge on any atom is 0.240 e. The van der Waals surface area contributed by atoms with Gasteiger partial charge in [0.1, 0.15) is 5.82 Å². The number of rotatable bonds is 7. The van der Waals surface area contributed by atoms with Gasteiger partial charge in [-0.2, -0.15) is 0 Å². The number of sulfonamides is 1. The van der Waals surface area contributed by atoms with Gasteiger partial charge in [-0.25, -0.2) is 17.5 Å². The van der Waals surface area contributed by atoms with E-state index in [1.165, 1.54) is 12.1 Å². The highest BCUT2D eigenvalue weighted by Crippen LogP contribution is 2.11. The van der Waals surface area contributed by atoms with Gasteiger partial charge in [0.05, 0.1) is 4.90 Å². The topological polar surface area (TPSA) is 58.2 Å². The van der Waals surface area contributed by atoms with Crippen LogP contribution in [0.1, 0.15) is 18.1 Å². The van der Waals surface area contributed by atoms with Gasteiger partial charge in [0.25, 0.3) is 0 Å². The minimum absolute atomic E-state index is 0.127. The van der Waals surface area contributed by atoms with E-state index in [1.54, 1.807) is 36.4 Å². The zero-order valence-corrected chi connectivity index (χ0v) is 13.2. The van der Waals surface area contributed by atoms with Crippen LogP contribution in [0.3, 0.4) is 0 Å². The molecule has 0 aliphatic rings. The summed E-state index contributed by atoms with van der Waals surface area (Å²) in [7, 11) is -3.57. The Labute approximate surface area is 130 Å². The van der Waals surface area contributed by atoms with Gasteiger partial charge >= 0.3 is 0 Å². The molecule has 0 heterocycles. The lowest BCUT2D eigenvalue weighted by molar-refractivity contribution is 0.581. The molecule has 2 rings (SSSR count). The van der Waals surface area contributed by atoms with Crippen molar-refractivity contribution in [1.82, 2.24) is 10.0 Å². The van der Waals surface area contributed by atoms with Crippen LogP contribution in [0.25, 0.3) is 0 Å². The van der Waals surface area contributed by atoms with E-state index < -0.39 is 10.0 Å². The van der Waals surface area contributed by atoms with Crippen molar-refractivity contribution in [3.05, 3.63) is 65.5 Å². The first kappa shape index (κ1) is 16.6. The van der Waals surface area contributed by atoms with Crippen LogP contribution in [-0.2, 0) is 23.1 Å². The largest absolute Gasteiger partial charge is 0.313 e. The summed E-state index contributed by atoms with van der Waals surface area (Å²) in [5.74, 6) is -0.345. The molecule has 118 valence electrons. The second kappa shape index (κ2) is 7.49. The molecule has 0 bridgehead atoms. The zero-order valence-electron chi connectivity index (χ0n) is 12.3. The molecule has 0 spiro atoms. The molecule has 2 aromatic carbocycles. The lowest BCUT2D eigenvalue weighted by Gasteiger charge is -2.08. The number of hydrogen-bond donors (Lipinski definition) is 2. The van der Waals surface area contributed by atoms with E-state index >= 15 is 0 Å². The van der Waals surface area contributed by atoms with Crippen LogP contribution in [0, 0.1) is 5.82 Å². The Kier molecular flexibility index (Phi) is 5.65. The fraction of sp³-hybridized carbons (Fsp3) is 0.250. The van der Waals surface area contributed by atoms with Gasteiger partial charge in [0.15, 0.2) is 0 Å². The maximum atomic E-state index is 12.8. The molecular formula is C16H19FN2O2S. The van der Waals surface area contributed by atoms with Gasteiger partial charge in [-0.15, -0.1) is 0 Å². The van der Waals surface area contributed by atoms with E-state index in [9.17, 15) is 12.8 Å². The fourth-order valence-corrected chi connectivity index (χ4v) is 2.94. The molecule has 6 heteroatoms. The van der Waals surface area contributed by atoms with E-state index in [1.807, 2.05) is 6.92 Å². The van der Waals surface area contributed by atoms with Crippen molar-refractivity contribution < 1.29 is 12.8 Å². The third-order valence-electron chi connectivity index (χ3n) is 3.19. The average Bonchev–Trinajstić information content (AvgIpc) is 2.53. The normalized spacial score (nSPS) is 11.5. The monoisotopic (exact) mass is 322 g/mol. The van der Waals surface area contributed by atoms with Crippen LogP contribution in [-0.4, -0.2) is 15.0 Å². The molecule has 0 fully saturated rings. The molecule has 2 aromatic rings. The molecule has 0 aliphatic heterocycles. The Morgan fingerprint density at radius 3 is 2.05 bits per heavy atom. The number of benzene rings is 2. The van der Waals surface area contributed by atoms with Crippen LogP contribution in [0.2, 0.25) is 0 Å². The molecule has 22 heavy (non-hydrogen) atoms. The molecule has 4 nitrogen and oxygen atoms in total. The van der Waals surface area contributed by atoms with Crippen molar-refractivity contribution >= 4 is 10.0 Å². The second-order valence-corrected chi connectivity index (χ2v) is 6.64. The second-order valence-electron chi connectivity index (χ2n) is 4.88. The van der Waals surface area contributed by atoms with Crippen molar-refractivity contribution in [2.45, 2.75) is 24.9 Å².